The maximum Gasteiger partial charge on any atom is 0.339 e. The maximum absolute atomic E-state index is 11.2. The van der Waals surface area contributed by atoms with Crippen LogP contribution in [-0.2, 0) is 11.3 Å². The largest absolute Gasteiger partial charge is 0.465 e. The van der Waals surface area contributed by atoms with Crippen molar-refractivity contribution in [3.63, 3.8) is 0 Å². The molecule has 1 saturated carbocycles. The zero-order chi connectivity index (χ0) is 13.7. The summed E-state index contributed by atoms with van der Waals surface area (Å²) in [5.74, 6) is 0.191. The fourth-order valence-electron chi connectivity index (χ4n) is 2.41. The van der Waals surface area contributed by atoms with Crippen LogP contribution >= 0.6 is 0 Å². The number of pyridine rings is 1. The van der Waals surface area contributed by atoms with Crippen molar-refractivity contribution in [1.82, 2.24) is 10.3 Å². The first-order chi connectivity index (χ1) is 9.19. The van der Waals surface area contributed by atoms with E-state index in [1.165, 1.54) is 13.3 Å². The summed E-state index contributed by atoms with van der Waals surface area (Å²) in [4.78, 5) is 15.5. The fraction of sp³-hybridized carbons (Fsp3) is 0.571. The summed E-state index contributed by atoms with van der Waals surface area (Å²) in [6.45, 7) is 1.57. The molecule has 0 saturated heterocycles. The van der Waals surface area contributed by atoms with Gasteiger partial charge in [-0.25, -0.2) is 4.79 Å². The zero-order valence-electron chi connectivity index (χ0n) is 11.1. The molecule has 0 spiro atoms. The standard InChI is InChI=1S/C14H20N2O3/c1-19-14(18)11-3-4-12(16-8-11)9-15-7-10-2-5-13(17)6-10/h3-4,8,10,13,15,17H,2,5-7,9H2,1H3. The van der Waals surface area contributed by atoms with E-state index in [1.54, 1.807) is 6.07 Å². The van der Waals surface area contributed by atoms with Crippen molar-refractivity contribution in [2.24, 2.45) is 5.92 Å². The van der Waals surface area contributed by atoms with Crippen LogP contribution in [0.25, 0.3) is 0 Å². The van der Waals surface area contributed by atoms with Crippen molar-refractivity contribution in [3.05, 3.63) is 29.6 Å². The number of aromatic nitrogens is 1. The molecule has 0 aliphatic heterocycles. The first-order valence-electron chi connectivity index (χ1n) is 6.61. The second-order valence-electron chi connectivity index (χ2n) is 4.99. The molecule has 0 bridgehead atoms. The van der Waals surface area contributed by atoms with Crippen LogP contribution in [0.4, 0.5) is 0 Å². The number of aliphatic hydroxyl groups is 1. The molecule has 1 aromatic heterocycles. The summed E-state index contributed by atoms with van der Waals surface area (Å²) in [7, 11) is 1.35. The second-order valence-corrected chi connectivity index (χ2v) is 4.99. The Morgan fingerprint density at radius 3 is 2.95 bits per heavy atom. The molecule has 1 aliphatic rings. The number of carbonyl (C=O) groups excluding carboxylic acids is 1. The van der Waals surface area contributed by atoms with Gasteiger partial charge in [0.05, 0.1) is 24.5 Å². The van der Waals surface area contributed by atoms with Gasteiger partial charge < -0.3 is 15.2 Å². The number of ether oxygens (including phenoxy) is 1. The summed E-state index contributed by atoms with van der Waals surface area (Å²) < 4.78 is 4.62. The van der Waals surface area contributed by atoms with E-state index in [4.69, 9.17) is 0 Å². The van der Waals surface area contributed by atoms with E-state index in [2.05, 4.69) is 15.0 Å². The van der Waals surface area contributed by atoms with Gasteiger partial charge in [0.1, 0.15) is 0 Å². The van der Waals surface area contributed by atoms with Crippen molar-refractivity contribution in [1.29, 1.82) is 0 Å². The lowest BCUT2D eigenvalue weighted by atomic mass is 10.1. The summed E-state index contributed by atoms with van der Waals surface area (Å²) in [6, 6.07) is 3.54. The van der Waals surface area contributed by atoms with Gasteiger partial charge in [0.2, 0.25) is 0 Å². The molecular formula is C14H20N2O3. The highest BCUT2D eigenvalue weighted by Gasteiger charge is 2.21. The van der Waals surface area contributed by atoms with Crippen LogP contribution in [0.1, 0.15) is 35.3 Å². The quantitative estimate of drug-likeness (QED) is 0.780. The Hall–Kier alpha value is -1.46. The van der Waals surface area contributed by atoms with E-state index in [1.807, 2.05) is 6.07 Å². The van der Waals surface area contributed by atoms with Gasteiger partial charge in [-0.2, -0.15) is 0 Å². The molecule has 2 N–H and O–H groups in total. The van der Waals surface area contributed by atoms with Crippen LogP contribution in [0.2, 0.25) is 0 Å². The molecule has 2 rings (SSSR count). The predicted molar refractivity (Wildman–Crippen MR) is 70.6 cm³/mol. The van der Waals surface area contributed by atoms with Gasteiger partial charge in [0.15, 0.2) is 0 Å². The molecule has 1 aromatic rings. The Kier molecular flexibility index (Phi) is 4.87. The third-order valence-corrected chi connectivity index (χ3v) is 3.50. The van der Waals surface area contributed by atoms with Crippen molar-refractivity contribution in [2.45, 2.75) is 31.9 Å². The molecule has 104 valence electrons. The zero-order valence-corrected chi connectivity index (χ0v) is 11.1. The van der Waals surface area contributed by atoms with E-state index < -0.39 is 0 Å². The minimum atomic E-state index is -0.369. The average molecular weight is 264 g/mol. The molecule has 2 atom stereocenters. The fourth-order valence-corrected chi connectivity index (χ4v) is 2.41. The Bertz CT molecular complexity index is 419. The van der Waals surface area contributed by atoms with Crippen molar-refractivity contribution < 1.29 is 14.6 Å². The normalized spacial score (nSPS) is 22.4. The Labute approximate surface area is 113 Å². The van der Waals surface area contributed by atoms with Gasteiger partial charge in [0, 0.05) is 12.7 Å². The highest BCUT2D eigenvalue weighted by Crippen LogP contribution is 2.24. The van der Waals surface area contributed by atoms with Gasteiger partial charge in [-0.15, -0.1) is 0 Å². The van der Waals surface area contributed by atoms with Gasteiger partial charge in [0.25, 0.3) is 0 Å². The van der Waals surface area contributed by atoms with Crippen LogP contribution in [0.3, 0.4) is 0 Å². The number of hydrogen-bond acceptors (Lipinski definition) is 5. The molecule has 1 aliphatic carbocycles. The summed E-state index contributed by atoms with van der Waals surface area (Å²) >= 11 is 0. The Morgan fingerprint density at radius 1 is 1.53 bits per heavy atom. The van der Waals surface area contributed by atoms with Gasteiger partial charge in [-0.3, -0.25) is 4.98 Å². The Balaban J connectivity index is 1.75. The van der Waals surface area contributed by atoms with E-state index in [-0.39, 0.29) is 12.1 Å². The molecule has 5 nitrogen and oxygen atoms in total. The number of carbonyl (C=O) groups is 1. The number of rotatable bonds is 5. The molecule has 1 heterocycles. The first-order valence-corrected chi connectivity index (χ1v) is 6.61. The van der Waals surface area contributed by atoms with E-state index >= 15 is 0 Å². The van der Waals surface area contributed by atoms with Gasteiger partial charge in [-0.1, -0.05) is 0 Å². The SMILES string of the molecule is COC(=O)c1ccc(CNCC2CCC(O)C2)nc1. The molecule has 0 radical (unpaired) electrons. The maximum atomic E-state index is 11.2. The van der Waals surface area contributed by atoms with Crippen LogP contribution in [0.5, 0.6) is 0 Å². The lowest BCUT2D eigenvalue weighted by Gasteiger charge is -2.10. The number of hydrogen-bond donors (Lipinski definition) is 2. The molecule has 2 unspecified atom stereocenters. The highest BCUT2D eigenvalue weighted by molar-refractivity contribution is 5.88. The summed E-state index contributed by atoms with van der Waals surface area (Å²) in [5, 5.41) is 12.8. The van der Waals surface area contributed by atoms with Crippen LogP contribution in [0, 0.1) is 5.92 Å². The molecule has 1 fully saturated rings. The monoisotopic (exact) mass is 264 g/mol. The van der Waals surface area contributed by atoms with E-state index in [9.17, 15) is 9.90 Å². The topological polar surface area (TPSA) is 71.5 Å². The van der Waals surface area contributed by atoms with Crippen LogP contribution < -0.4 is 5.32 Å². The van der Waals surface area contributed by atoms with Gasteiger partial charge >= 0.3 is 5.97 Å². The summed E-state index contributed by atoms with van der Waals surface area (Å²) in [5.41, 5.74) is 1.36. The number of esters is 1. The smallest absolute Gasteiger partial charge is 0.339 e. The van der Waals surface area contributed by atoms with Gasteiger partial charge in [-0.05, 0) is 43.9 Å². The Morgan fingerprint density at radius 2 is 2.37 bits per heavy atom. The first kappa shape index (κ1) is 14.0. The van der Waals surface area contributed by atoms with Crippen molar-refractivity contribution in [2.75, 3.05) is 13.7 Å². The third-order valence-electron chi connectivity index (χ3n) is 3.50. The molecule has 0 amide bonds. The van der Waals surface area contributed by atoms with E-state index in [0.29, 0.717) is 18.0 Å². The second kappa shape index (κ2) is 6.63. The van der Waals surface area contributed by atoms with Crippen molar-refractivity contribution in [3.8, 4) is 0 Å². The molecule has 0 aromatic carbocycles. The lowest BCUT2D eigenvalue weighted by molar-refractivity contribution is 0.0600. The number of aliphatic hydroxyl groups excluding tert-OH is 1. The lowest BCUT2D eigenvalue weighted by Crippen LogP contribution is -2.22. The number of nitrogens with zero attached hydrogens (tertiary/aromatic N) is 1. The molecule has 5 heteroatoms. The van der Waals surface area contributed by atoms with E-state index in [0.717, 1.165) is 31.5 Å². The van der Waals surface area contributed by atoms with Crippen LogP contribution in [-0.4, -0.2) is 35.8 Å². The highest BCUT2D eigenvalue weighted by atomic mass is 16.5. The molecule has 19 heavy (non-hydrogen) atoms. The predicted octanol–water partition coefficient (Wildman–Crippen LogP) is 1.12. The third kappa shape index (κ3) is 4.01. The number of nitrogens with one attached hydrogen (secondary N) is 1. The number of methoxy groups -OCH3 is 1. The minimum absolute atomic E-state index is 0.121. The summed E-state index contributed by atoms with van der Waals surface area (Å²) in [6.07, 6.45) is 4.30. The molecular weight excluding hydrogens is 244 g/mol. The minimum Gasteiger partial charge on any atom is -0.465 e. The van der Waals surface area contributed by atoms with Crippen molar-refractivity contribution >= 4 is 5.97 Å². The average Bonchev–Trinajstić information content (AvgIpc) is 2.84. The van der Waals surface area contributed by atoms with Crippen LogP contribution in [0.15, 0.2) is 18.3 Å².